The third kappa shape index (κ3) is 15.4. The highest BCUT2D eigenvalue weighted by Gasteiger charge is 2.39. The Morgan fingerprint density at radius 1 is 0.670 bits per heavy atom. The number of likely N-dealkylation sites (tertiary alicyclic amines) is 4. The minimum Gasteiger partial charge on any atom is -0.468 e. The topological polar surface area (TPSA) is 326 Å². The van der Waals surface area contributed by atoms with Gasteiger partial charge in [-0.2, -0.15) is 10.2 Å². The molecule has 6 aromatic rings. The molecule has 9 amide bonds. The van der Waals surface area contributed by atoms with Crippen LogP contribution in [-0.2, 0) is 44.8 Å². The molecule has 29 heteroatoms. The Labute approximate surface area is 578 Å². The predicted molar refractivity (Wildman–Crippen MR) is 367 cm³/mol. The highest BCUT2D eigenvalue weighted by atomic mass is 19.1. The molecular formula is C71H88FN17O11. The van der Waals surface area contributed by atoms with E-state index < -0.39 is 35.4 Å². The average molecular weight is 1370 g/mol. The summed E-state index contributed by atoms with van der Waals surface area (Å²) in [6, 6.07) is 16.2. The summed E-state index contributed by atoms with van der Waals surface area (Å²) in [6.07, 6.45) is 9.42. The van der Waals surface area contributed by atoms with Crippen molar-refractivity contribution in [3.05, 3.63) is 89.8 Å². The normalized spacial score (nSPS) is 18.5. The van der Waals surface area contributed by atoms with Crippen LogP contribution in [0.25, 0.3) is 32.9 Å². The number of piperidine rings is 5. The largest absolute Gasteiger partial charge is 0.468 e. The van der Waals surface area contributed by atoms with Crippen LogP contribution in [-0.4, -0.2) is 230 Å². The number of likely N-dealkylation sites (N-methyl/N-ethyl adjacent to an activating group) is 1. The van der Waals surface area contributed by atoms with Crippen molar-refractivity contribution in [1.29, 1.82) is 0 Å². The molecule has 0 saturated carbocycles. The summed E-state index contributed by atoms with van der Waals surface area (Å²) in [5, 5.41) is 18.2. The van der Waals surface area contributed by atoms with E-state index in [4.69, 9.17) is 15.8 Å². The number of halogens is 1. The van der Waals surface area contributed by atoms with Crippen molar-refractivity contribution in [2.45, 2.75) is 115 Å². The van der Waals surface area contributed by atoms with Gasteiger partial charge in [0.1, 0.15) is 24.7 Å². The molecule has 6 aliphatic heterocycles. The number of benzene rings is 3. The Bertz CT molecular complexity index is 4110. The van der Waals surface area contributed by atoms with E-state index in [-0.39, 0.29) is 115 Å². The summed E-state index contributed by atoms with van der Waals surface area (Å²) in [4.78, 5) is 153. The van der Waals surface area contributed by atoms with E-state index >= 15 is 4.39 Å². The molecule has 12 rings (SSSR count). The molecule has 6 fully saturated rings. The van der Waals surface area contributed by atoms with Crippen molar-refractivity contribution in [3.8, 4) is 11.1 Å². The maximum absolute atomic E-state index is 16.2. The van der Waals surface area contributed by atoms with Crippen LogP contribution in [0.15, 0.2) is 67.0 Å². The van der Waals surface area contributed by atoms with Crippen molar-refractivity contribution < 1.29 is 57.1 Å². The van der Waals surface area contributed by atoms with E-state index in [1.54, 1.807) is 40.3 Å². The summed E-state index contributed by atoms with van der Waals surface area (Å²) in [5.74, 6) is -3.09. The number of methoxy groups -OCH3 is 1. The van der Waals surface area contributed by atoms with Crippen LogP contribution in [0, 0.1) is 23.6 Å². The second kappa shape index (κ2) is 30.6. The number of rotatable bonds is 20. The van der Waals surface area contributed by atoms with Gasteiger partial charge < -0.3 is 60.7 Å². The number of anilines is 3. The van der Waals surface area contributed by atoms with E-state index in [1.165, 1.54) is 28.7 Å². The molecule has 6 aliphatic rings. The number of hydrogen-bond donors (Lipinski definition) is 4. The highest BCUT2D eigenvalue weighted by Crippen LogP contribution is 2.39. The van der Waals surface area contributed by atoms with Crippen LogP contribution >= 0.6 is 0 Å². The molecule has 3 aromatic carbocycles. The first-order chi connectivity index (χ1) is 48.2. The third-order valence-electron chi connectivity index (χ3n) is 20.8. The number of fused-ring (bicyclic) bond motifs is 2. The van der Waals surface area contributed by atoms with Crippen LogP contribution in [0.3, 0.4) is 0 Å². The lowest BCUT2D eigenvalue weighted by molar-refractivity contribution is -0.146. The smallest absolute Gasteiger partial charge is 0.325 e. The van der Waals surface area contributed by atoms with Gasteiger partial charge in [-0.05, 0) is 118 Å². The predicted octanol–water partition coefficient (Wildman–Crippen LogP) is 5.23. The van der Waals surface area contributed by atoms with Crippen LogP contribution in [0.5, 0.6) is 0 Å². The Morgan fingerprint density at radius 2 is 1.28 bits per heavy atom. The summed E-state index contributed by atoms with van der Waals surface area (Å²) in [5.41, 5.74) is 9.78. The number of ether oxygens (including phenoxy) is 1. The van der Waals surface area contributed by atoms with Crippen molar-refractivity contribution in [3.63, 3.8) is 0 Å². The first-order valence-electron chi connectivity index (χ1n) is 34.9. The van der Waals surface area contributed by atoms with Gasteiger partial charge in [0.15, 0.2) is 11.5 Å². The third-order valence-corrected chi connectivity index (χ3v) is 20.8. The number of aromatic nitrogens is 6. The number of carbonyl (C=O) groups is 10. The lowest BCUT2D eigenvalue weighted by Crippen LogP contribution is -2.50. The minimum atomic E-state index is -0.696. The highest BCUT2D eigenvalue weighted by molar-refractivity contribution is 6.02. The maximum atomic E-state index is 16.2. The second-order valence-corrected chi connectivity index (χ2v) is 27.5. The summed E-state index contributed by atoms with van der Waals surface area (Å²) >= 11 is 0. The summed E-state index contributed by atoms with van der Waals surface area (Å²) in [6.45, 7) is 9.58. The molecule has 0 bridgehead atoms. The Kier molecular flexibility index (Phi) is 21.3. The molecule has 0 aliphatic carbocycles. The molecule has 6 saturated heterocycles. The quantitative estimate of drug-likeness (QED) is 0.0711. The number of carbonyl (C=O) groups excluding carboxylic acids is 10. The molecule has 9 heterocycles. The molecule has 1 atom stereocenters. The van der Waals surface area contributed by atoms with E-state index in [2.05, 4.69) is 47.8 Å². The van der Waals surface area contributed by atoms with E-state index in [0.717, 1.165) is 43.5 Å². The van der Waals surface area contributed by atoms with Crippen molar-refractivity contribution >= 4 is 98.4 Å². The number of amides is 9. The van der Waals surface area contributed by atoms with Crippen LogP contribution in [0.1, 0.15) is 129 Å². The number of nitrogens with zero attached hydrogens (tertiary/aromatic N) is 13. The molecule has 28 nitrogen and oxygen atoms in total. The molecule has 0 unspecified atom stereocenters. The number of hydrogen-bond acceptors (Lipinski definition) is 17. The van der Waals surface area contributed by atoms with Crippen molar-refractivity contribution in [2.75, 3.05) is 116 Å². The van der Waals surface area contributed by atoms with Crippen LogP contribution < -0.4 is 26.6 Å². The number of primary amides is 1. The summed E-state index contributed by atoms with van der Waals surface area (Å²) in [7, 11) is 3.01. The number of esters is 1. The minimum absolute atomic E-state index is 0.0272. The van der Waals surface area contributed by atoms with Crippen LogP contribution in [0.4, 0.5) is 26.5 Å². The van der Waals surface area contributed by atoms with Crippen molar-refractivity contribution in [2.24, 2.45) is 23.5 Å². The fourth-order valence-electron chi connectivity index (χ4n) is 15.1. The second-order valence-electron chi connectivity index (χ2n) is 27.5. The first kappa shape index (κ1) is 69.8. The van der Waals surface area contributed by atoms with Gasteiger partial charge >= 0.3 is 12.0 Å². The monoisotopic (exact) mass is 1370 g/mol. The molecular weight excluding hydrogens is 1290 g/mol. The number of nitrogens with one attached hydrogen (secondary N) is 3. The maximum Gasteiger partial charge on any atom is 0.325 e. The molecule has 530 valence electrons. The zero-order chi connectivity index (χ0) is 70.5. The fraction of sp³-hybridized carbons (Fsp3) is 0.521. The molecule has 0 radical (unpaired) electrons. The first-order valence-corrected chi connectivity index (χ1v) is 34.9. The standard InChI is InChI=1S/C71H88FN17O11/c1-43(2)64-63-52(8-5-9-55(63)88(80-64)42-59(91)74-39-58(90)75-40-62(94)100-4)53-36-56-49(35-54(53)72)37-77-89(56)61(93)15-14-60(92)82-25-18-46(19-26-82)68(96)84-29-22-48(23-30-84)70(98)85-31-20-47(21-32-85)69(97)83-27-16-45(17-28-83)44-10-12-50(13-11-44)78-67-65(66(73)95)76-38-57(79-67)86-24-6-7-51(41-86)87-34-33-81(3)71(87)99/h5,8-13,35-38,43,45-48,51H,6-7,14-34,39-42H2,1-4H3,(H2,73,95)(H,74,91)(H,75,90)(H,78,79)/t51-/m1/s1. The zero-order valence-electron chi connectivity index (χ0n) is 57.2. The van der Waals surface area contributed by atoms with E-state index in [0.29, 0.717) is 149 Å². The number of nitrogens with two attached hydrogens (primary N) is 1. The molecule has 5 N–H and O–H groups in total. The van der Waals surface area contributed by atoms with Gasteiger partial charge in [-0.15, -0.1) is 0 Å². The van der Waals surface area contributed by atoms with Crippen LogP contribution in [0.2, 0.25) is 0 Å². The van der Waals surface area contributed by atoms with Gasteiger partial charge in [-0.1, -0.05) is 38.1 Å². The Balaban J connectivity index is 0.557. The SMILES string of the molecule is COC(=O)CNC(=O)CNC(=O)Cn1nc(C(C)C)c2c(-c3cc4c(cnn4C(=O)CCC(=O)N4CCC(C(=O)N5CCC(C(=O)N6CCC(C(=O)N7CCC(c8ccc(Nc9nc(N%10CCC[C@@H](N%11CCN(C)C%11=O)C%10)cnc9C(N)=O)cc8)CC7)CC6)CC5)CC4)cc3F)cccc21. The Morgan fingerprint density at radius 3 is 1.88 bits per heavy atom. The van der Waals surface area contributed by atoms with E-state index in [1.807, 2.05) is 52.6 Å². The molecule has 100 heavy (non-hydrogen) atoms. The number of urea groups is 1. The average Bonchev–Trinajstić information content (AvgIpc) is 1.58. The summed E-state index contributed by atoms with van der Waals surface area (Å²) < 4.78 is 23.4. The van der Waals surface area contributed by atoms with Gasteiger partial charge in [0.2, 0.25) is 41.4 Å². The lowest BCUT2D eigenvalue weighted by atomic mass is 9.87. The van der Waals surface area contributed by atoms with Crippen molar-refractivity contribution in [1.82, 2.24) is 69.6 Å². The van der Waals surface area contributed by atoms with Gasteiger partial charge in [-0.25, -0.2) is 23.8 Å². The zero-order valence-corrected chi connectivity index (χ0v) is 57.2. The Hall–Kier alpha value is -10.1. The lowest BCUT2D eigenvalue weighted by Gasteiger charge is -2.40. The fourth-order valence-corrected chi connectivity index (χ4v) is 15.1. The van der Waals surface area contributed by atoms with Gasteiger partial charge in [-0.3, -0.25) is 47.8 Å². The molecule has 0 spiro atoms. The van der Waals surface area contributed by atoms with E-state index in [9.17, 15) is 47.9 Å². The molecule has 3 aromatic heterocycles. The van der Waals surface area contributed by atoms with Gasteiger partial charge in [0.05, 0.1) is 48.8 Å². The van der Waals surface area contributed by atoms with Gasteiger partial charge in [0.25, 0.3) is 5.91 Å². The van der Waals surface area contributed by atoms with Gasteiger partial charge in [0, 0.05) is 138 Å².